The molecule has 0 amide bonds. The van der Waals surface area contributed by atoms with Crippen LogP contribution in [0.4, 0.5) is 0 Å². The van der Waals surface area contributed by atoms with E-state index in [-0.39, 0.29) is 0 Å². The summed E-state index contributed by atoms with van der Waals surface area (Å²) in [5.41, 5.74) is 10.6. The molecular formula is C16H39N5. The summed E-state index contributed by atoms with van der Waals surface area (Å²) in [6.45, 7) is 31.1. The van der Waals surface area contributed by atoms with Gasteiger partial charge in [0.15, 0.2) is 0 Å². The fraction of sp³-hybridized carbons (Fsp3) is 0.500. The lowest BCUT2D eigenvalue weighted by molar-refractivity contribution is 0.586. The molecule has 21 heavy (non-hydrogen) atoms. The molecule has 5 nitrogen and oxygen atoms in total. The molecule has 0 fully saturated rings. The van der Waals surface area contributed by atoms with E-state index >= 15 is 0 Å². The van der Waals surface area contributed by atoms with E-state index in [2.05, 4.69) is 68.6 Å². The van der Waals surface area contributed by atoms with Crippen LogP contribution in [0.15, 0.2) is 52.6 Å². The molecule has 0 saturated carbocycles. The van der Waals surface area contributed by atoms with Gasteiger partial charge in [-0.2, -0.15) is 0 Å². The van der Waals surface area contributed by atoms with E-state index in [0.717, 1.165) is 39.3 Å². The minimum Gasteiger partial charge on any atom is -0.329 e. The molecule has 128 valence electrons. The van der Waals surface area contributed by atoms with Crippen LogP contribution in [-0.2, 0) is 0 Å². The first-order valence-corrected chi connectivity index (χ1v) is 6.94. The van der Waals surface area contributed by atoms with E-state index in [0.29, 0.717) is 13.1 Å². The second-order valence-corrected chi connectivity index (χ2v) is 2.83. The first-order valence-electron chi connectivity index (χ1n) is 6.94. The van der Waals surface area contributed by atoms with Crippen molar-refractivity contribution in [2.45, 2.75) is 0 Å². The molecule has 0 aromatic rings. The molecule has 0 heterocycles. The van der Waals surface area contributed by atoms with Gasteiger partial charge in [0, 0.05) is 52.4 Å². The SMILES string of the molecule is C=C.C=C.C=C.C=C.NCCNCCNCCNCCN. The molecule has 0 aromatic heterocycles. The highest BCUT2D eigenvalue weighted by molar-refractivity contribution is 4.54. The fourth-order valence-corrected chi connectivity index (χ4v) is 0.933. The van der Waals surface area contributed by atoms with Gasteiger partial charge in [-0.15, -0.1) is 52.6 Å². The lowest BCUT2D eigenvalue weighted by Gasteiger charge is -2.06. The van der Waals surface area contributed by atoms with Crippen molar-refractivity contribution in [1.82, 2.24) is 16.0 Å². The van der Waals surface area contributed by atoms with Gasteiger partial charge >= 0.3 is 0 Å². The van der Waals surface area contributed by atoms with Gasteiger partial charge in [0.05, 0.1) is 0 Å². The lowest BCUT2D eigenvalue weighted by Crippen LogP contribution is -2.35. The number of rotatable bonds is 10. The van der Waals surface area contributed by atoms with Gasteiger partial charge in [-0.05, 0) is 0 Å². The predicted molar refractivity (Wildman–Crippen MR) is 102 cm³/mol. The largest absolute Gasteiger partial charge is 0.329 e. The van der Waals surface area contributed by atoms with Gasteiger partial charge in [-0.3, -0.25) is 0 Å². The highest BCUT2D eigenvalue weighted by Gasteiger charge is 1.87. The second kappa shape index (κ2) is 62.1. The molecule has 0 atom stereocenters. The average Bonchev–Trinajstić information content (AvgIpc) is 2.61. The predicted octanol–water partition coefficient (Wildman–Crippen LogP) is 0.881. The molecule has 0 spiro atoms. The van der Waals surface area contributed by atoms with Crippen LogP contribution in [0.2, 0.25) is 0 Å². The minimum absolute atomic E-state index is 0.706. The van der Waals surface area contributed by atoms with Crippen molar-refractivity contribution in [2.75, 3.05) is 52.4 Å². The zero-order valence-corrected chi connectivity index (χ0v) is 14.0. The normalized spacial score (nSPS) is 7.33. The highest BCUT2D eigenvalue weighted by Crippen LogP contribution is 1.60. The highest BCUT2D eigenvalue weighted by atomic mass is 15.0. The summed E-state index contributed by atoms with van der Waals surface area (Å²) in [6.07, 6.45) is 0. The molecule has 0 unspecified atom stereocenters. The van der Waals surface area contributed by atoms with Crippen LogP contribution in [-0.4, -0.2) is 52.4 Å². The van der Waals surface area contributed by atoms with Crippen molar-refractivity contribution < 1.29 is 0 Å². The Morgan fingerprint density at radius 1 is 0.429 bits per heavy atom. The van der Waals surface area contributed by atoms with Gasteiger partial charge in [-0.1, -0.05) is 0 Å². The molecular weight excluding hydrogens is 262 g/mol. The Kier molecular flexibility index (Phi) is 94.4. The molecule has 0 aliphatic rings. The van der Waals surface area contributed by atoms with Crippen LogP contribution in [0.25, 0.3) is 0 Å². The molecule has 0 aliphatic carbocycles. The Balaban J connectivity index is -0.0000000912. The Hall–Kier alpha value is -1.24. The Morgan fingerprint density at radius 3 is 0.810 bits per heavy atom. The molecule has 0 saturated heterocycles. The van der Waals surface area contributed by atoms with Gasteiger partial charge in [0.25, 0.3) is 0 Å². The minimum atomic E-state index is 0.706. The maximum absolute atomic E-state index is 5.32. The van der Waals surface area contributed by atoms with Gasteiger partial charge < -0.3 is 27.4 Å². The van der Waals surface area contributed by atoms with E-state index in [1.165, 1.54) is 0 Å². The molecule has 0 aromatic carbocycles. The summed E-state index contributed by atoms with van der Waals surface area (Å²) in [7, 11) is 0. The van der Waals surface area contributed by atoms with Crippen LogP contribution in [0.5, 0.6) is 0 Å². The molecule has 5 heteroatoms. The number of hydrogen-bond donors (Lipinski definition) is 5. The van der Waals surface area contributed by atoms with E-state index in [9.17, 15) is 0 Å². The van der Waals surface area contributed by atoms with Crippen LogP contribution < -0.4 is 27.4 Å². The molecule has 7 N–H and O–H groups in total. The van der Waals surface area contributed by atoms with Crippen molar-refractivity contribution in [3.63, 3.8) is 0 Å². The monoisotopic (exact) mass is 301 g/mol. The zero-order valence-electron chi connectivity index (χ0n) is 14.0. The molecule has 0 rings (SSSR count). The van der Waals surface area contributed by atoms with E-state index in [1.54, 1.807) is 0 Å². The number of hydrogen-bond acceptors (Lipinski definition) is 5. The molecule has 0 radical (unpaired) electrons. The number of nitrogens with one attached hydrogen (secondary N) is 3. The van der Waals surface area contributed by atoms with Crippen LogP contribution in [0.1, 0.15) is 0 Å². The standard InChI is InChI=1S/C8H23N5.4C2H4/c9-1-3-11-5-7-13-8-6-12-4-2-10;4*1-2/h11-13H,1-10H2;4*1-2H2. The summed E-state index contributed by atoms with van der Waals surface area (Å²) in [6, 6.07) is 0. The maximum Gasteiger partial charge on any atom is 0.00772 e. The summed E-state index contributed by atoms with van der Waals surface area (Å²) in [4.78, 5) is 0. The first-order chi connectivity index (χ1) is 10.4. The van der Waals surface area contributed by atoms with Gasteiger partial charge in [-0.25, -0.2) is 0 Å². The third-order valence-electron chi connectivity index (χ3n) is 1.60. The smallest absolute Gasteiger partial charge is 0.00772 e. The second-order valence-electron chi connectivity index (χ2n) is 2.83. The Labute approximate surface area is 133 Å². The van der Waals surface area contributed by atoms with Crippen molar-refractivity contribution in [2.24, 2.45) is 11.5 Å². The third kappa shape index (κ3) is 68.7. The number of nitrogens with two attached hydrogens (primary N) is 2. The summed E-state index contributed by atoms with van der Waals surface area (Å²) >= 11 is 0. The van der Waals surface area contributed by atoms with E-state index in [4.69, 9.17) is 11.5 Å². The van der Waals surface area contributed by atoms with Gasteiger partial charge in [0.2, 0.25) is 0 Å². The van der Waals surface area contributed by atoms with Crippen molar-refractivity contribution in [3.05, 3.63) is 52.6 Å². The average molecular weight is 302 g/mol. The Morgan fingerprint density at radius 2 is 0.619 bits per heavy atom. The zero-order chi connectivity index (χ0) is 17.8. The van der Waals surface area contributed by atoms with Crippen LogP contribution >= 0.6 is 0 Å². The third-order valence-corrected chi connectivity index (χ3v) is 1.60. The van der Waals surface area contributed by atoms with Gasteiger partial charge in [0.1, 0.15) is 0 Å². The van der Waals surface area contributed by atoms with Crippen molar-refractivity contribution in [1.29, 1.82) is 0 Å². The first kappa shape index (κ1) is 31.9. The van der Waals surface area contributed by atoms with E-state index < -0.39 is 0 Å². The summed E-state index contributed by atoms with van der Waals surface area (Å²) < 4.78 is 0. The topological polar surface area (TPSA) is 88.1 Å². The Bertz CT molecular complexity index is 116. The maximum atomic E-state index is 5.32. The molecule has 0 aliphatic heterocycles. The van der Waals surface area contributed by atoms with E-state index in [1.807, 2.05) is 0 Å². The van der Waals surface area contributed by atoms with Crippen LogP contribution in [0.3, 0.4) is 0 Å². The quantitative estimate of drug-likeness (QED) is 0.305. The van der Waals surface area contributed by atoms with Crippen molar-refractivity contribution >= 4 is 0 Å². The lowest BCUT2D eigenvalue weighted by atomic mass is 10.5. The molecule has 0 bridgehead atoms. The van der Waals surface area contributed by atoms with Crippen molar-refractivity contribution in [3.8, 4) is 0 Å². The summed E-state index contributed by atoms with van der Waals surface area (Å²) in [5, 5.41) is 9.71. The van der Waals surface area contributed by atoms with Crippen LogP contribution in [0, 0.1) is 0 Å². The summed E-state index contributed by atoms with van der Waals surface area (Å²) in [5.74, 6) is 0. The fourth-order valence-electron chi connectivity index (χ4n) is 0.933.